The van der Waals surface area contributed by atoms with Crippen molar-refractivity contribution in [1.82, 2.24) is 14.6 Å². The highest BCUT2D eigenvalue weighted by molar-refractivity contribution is 5.95. The number of nitriles is 1. The molecule has 0 radical (unpaired) electrons. The second kappa shape index (κ2) is 8.74. The van der Waals surface area contributed by atoms with Crippen molar-refractivity contribution >= 4 is 23.2 Å². The SMILES string of the molecule is Cc1cc2nc(C)c(CCC(=O)O[C@H](C)C(=O)Nc3ccc(C#N)cc3)c(C)n2n1. The number of nitrogens with one attached hydrogen (secondary N) is 1. The Morgan fingerprint density at radius 2 is 1.93 bits per heavy atom. The Morgan fingerprint density at radius 3 is 2.60 bits per heavy atom. The number of fused-ring (bicyclic) bond motifs is 1. The van der Waals surface area contributed by atoms with Crippen LogP contribution in [0.2, 0.25) is 0 Å². The summed E-state index contributed by atoms with van der Waals surface area (Å²) in [6, 6.07) is 10.4. The van der Waals surface area contributed by atoms with Crippen molar-refractivity contribution < 1.29 is 14.3 Å². The predicted octanol–water partition coefficient (Wildman–Crippen LogP) is 3.03. The van der Waals surface area contributed by atoms with Crippen molar-refractivity contribution in [3.05, 3.63) is 58.5 Å². The third kappa shape index (κ3) is 4.63. The van der Waals surface area contributed by atoms with Gasteiger partial charge in [0.2, 0.25) is 0 Å². The van der Waals surface area contributed by atoms with Crippen LogP contribution in [0, 0.1) is 32.1 Å². The number of amides is 1. The van der Waals surface area contributed by atoms with E-state index >= 15 is 0 Å². The van der Waals surface area contributed by atoms with E-state index in [0.29, 0.717) is 17.7 Å². The maximum Gasteiger partial charge on any atom is 0.306 e. The zero-order valence-electron chi connectivity index (χ0n) is 17.4. The summed E-state index contributed by atoms with van der Waals surface area (Å²) in [5.74, 6) is -0.899. The van der Waals surface area contributed by atoms with Gasteiger partial charge in [0.05, 0.1) is 17.3 Å². The second-order valence-electron chi connectivity index (χ2n) is 7.13. The van der Waals surface area contributed by atoms with Crippen LogP contribution in [0.5, 0.6) is 0 Å². The van der Waals surface area contributed by atoms with Crippen LogP contribution in [0.25, 0.3) is 5.65 Å². The molecule has 0 unspecified atom stereocenters. The first-order valence-electron chi connectivity index (χ1n) is 9.61. The van der Waals surface area contributed by atoms with Gasteiger partial charge in [-0.2, -0.15) is 10.4 Å². The normalized spacial score (nSPS) is 11.7. The highest BCUT2D eigenvalue weighted by Gasteiger charge is 2.19. The minimum Gasteiger partial charge on any atom is -0.453 e. The largest absolute Gasteiger partial charge is 0.453 e. The standard InChI is InChI=1S/C22H23N5O3/c1-13-11-20-24-14(2)19(15(3)27(20)26-13)9-10-21(28)30-16(4)22(29)25-18-7-5-17(12-23)6-8-18/h5-8,11,16H,9-10H2,1-4H3,(H,25,29)/t16-/m1/s1. The zero-order chi connectivity index (χ0) is 21.8. The Morgan fingerprint density at radius 1 is 1.23 bits per heavy atom. The van der Waals surface area contributed by atoms with Crippen LogP contribution >= 0.6 is 0 Å². The number of carbonyl (C=O) groups excluding carboxylic acids is 2. The molecule has 1 amide bonds. The van der Waals surface area contributed by atoms with E-state index in [9.17, 15) is 9.59 Å². The molecule has 0 aliphatic rings. The summed E-state index contributed by atoms with van der Waals surface area (Å²) in [5, 5.41) is 15.9. The average Bonchev–Trinajstić information content (AvgIpc) is 3.08. The molecule has 1 atom stereocenters. The molecule has 2 heterocycles. The van der Waals surface area contributed by atoms with E-state index in [1.54, 1.807) is 28.8 Å². The number of aromatic nitrogens is 3. The number of carbonyl (C=O) groups is 2. The van der Waals surface area contributed by atoms with Crippen LogP contribution < -0.4 is 5.32 Å². The highest BCUT2D eigenvalue weighted by Crippen LogP contribution is 2.17. The molecule has 0 fully saturated rings. The van der Waals surface area contributed by atoms with Gasteiger partial charge in [-0.3, -0.25) is 9.59 Å². The van der Waals surface area contributed by atoms with Crippen LogP contribution in [-0.4, -0.2) is 32.6 Å². The van der Waals surface area contributed by atoms with E-state index in [0.717, 1.165) is 28.3 Å². The predicted molar refractivity (Wildman–Crippen MR) is 111 cm³/mol. The Bertz CT molecular complexity index is 1140. The molecule has 0 saturated heterocycles. The molecule has 3 aromatic rings. The minimum atomic E-state index is -0.940. The minimum absolute atomic E-state index is 0.129. The van der Waals surface area contributed by atoms with Gasteiger partial charge >= 0.3 is 5.97 Å². The number of anilines is 1. The molecule has 2 aromatic heterocycles. The third-order valence-electron chi connectivity index (χ3n) is 4.82. The van der Waals surface area contributed by atoms with Gasteiger partial charge < -0.3 is 10.1 Å². The fourth-order valence-corrected chi connectivity index (χ4v) is 3.21. The van der Waals surface area contributed by atoms with Crippen LogP contribution in [0.4, 0.5) is 5.69 Å². The van der Waals surface area contributed by atoms with E-state index in [1.165, 1.54) is 6.92 Å². The molecule has 8 nitrogen and oxygen atoms in total. The monoisotopic (exact) mass is 405 g/mol. The Labute approximate surface area is 174 Å². The first-order valence-corrected chi connectivity index (χ1v) is 9.61. The molecule has 154 valence electrons. The maximum atomic E-state index is 12.3. The molecule has 0 bridgehead atoms. The van der Waals surface area contributed by atoms with Crippen LogP contribution in [0.15, 0.2) is 30.3 Å². The number of nitrogens with zero attached hydrogens (tertiary/aromatic N) is 4. The van der Waals surface area contributed by atoms with Crippen molar-refractivity contribution in [2.75, 3.05) is 5.32 Å². The van der Waals surface area contributed by atoms with Crippen molar-refractivity contribution in [2.24, 2.45) is 0 Å². The summed E-state index contributed by atoms with van der Waals surface area (Å²) in [6.07, 6.45) is -0.365. The van der Waals surface area contributed by atoms with Crippen molar-refractivity contribution in [1.29, 1.82) is 5.26 Å². The lowest BCUT2D eigenvalue weighted by molar-refractivity contribution is -0.153. The summed E-state index contributed by atoms with van der Waals surface area (Å²) < 4.78 is 7.05. The molecule has 0 saturated carbocycles. The van der Waals surface area contributed by atoms with Gasteiger partial charge in [-0.15, -0.1) is 0 Å². The Balaban J connectivity index is 1.58. The number of benzene rings is 1. The smallest absolute Gasteiger partial charge is 0.306 e. The zero-order valence-corrected chi connectivity index (χ0v) is 17.4. The summed E-state index contributed by atoms with van der Waals surface area (Å²) in [4.78, 5) is 29.1. The highest BCUT2D eigenvalue weighted by atomic mass is 16.5. The number of hydrogen-bond acceptors (Lipinski definition) is 6. The van der Waals surface area contributed by atoms with Crippen molar-refractivity contribution in [3.8, 4) is 6.07 Å². The second-order valence-corrected chi connectivity index (χ2v) is 7.13. The van der Waals surface area contributed by atoms with Crippen LogP contribution in [-0.2, 0) is 20.7 Å². The summed E-state index contributed by atoms with van der Waals surface area (Å²) in [5.41, 5.74) is 5.41. The van der Waals surface area contributed by atoms with E-state index in [-0.39, 0.29) is 6.42 Å². The van der Waals surface area contributed by atoms with Crippen molar-refractivity contribution in [3.63, 3.8) is 0 Å². The number of hydrogen-bond donors (Lipinski definition) is 1. The fraction of sp³-hybridized carbons (Fsp3) is 0.318. The van der Waals surface area contributed by atoms with Gasteiger partial charge in [0.25, 0.3) is 5.91 Å². The summed E-state index contributed by atoms with van der Waals surface area (Å²) >= 11 is 0. The molecule has 1 N–H and O–H groups in total. The lowest BCUT2D eigenvalue weighted by Crippen LogP contribution is -2.30. The van der Waals surface area contributed by atoms with Gasteiger partial charge in [-0.1, -0.05) is 0 Å². The molecular weight excluding hydrogens is 382 g/mol. The number of esters is 1. The van der Waals surface area contributed by atoms with Gasteiger partial charge in [-0.25, -0.2) is 9.50 Å². The molecule has 8 heteroatoms. The fourth-order valence-electron chi connectivity index (χ4n) is 3.21. The first kappa shape index (κ1) is 21.0. The number of aryl methyl sites for hydroxylation is 3. The van der Waals surface area contributed by atoms with E-state index in [1.807, 2.05) is 32.9 Å². The van der Waals surface area contributed by atoms with Crippen molar-refractivity contribution in [2.45, 2.75) is 46.6 Å². The molecule has 0 aliphatic heterocycles. The van der Waals surface area contributed by atoms with Gasteiger partial charge in [0.1, 0.15) is 0 Å². The maximum absolute atomic E-state index is 12.3. The molecule has 3 rings (SSSR count). The first-order chi connectivity index (χ1) is 14.3. The number of rotatable bonds is 6. The third-order valence-corrected chi connectivity index (χ3v) is 4.82. The number of ether oxygens (including phenoxy) is 1. The van der Waals surface area contributed by atoms with E-state index in [4.69, 9.17) is 10.00 Å². The van der Waals surface area contributed by atoms with Crippen LogP contribution in [0.3, 0.4) is 0 Å². The van der Waals surface area contributed by atoms with E-state index in [2.05, 4.69) is 15.4 Å². The lowest BCUT2D eigenvalue weighted by atomic mass is 10.1. The van der Waals surface area contributed by atoms with Gasteiger partial charge in [-0.05, 0) is 63.9 Å². The molecule has 0 aliphatic carbocycles. The lowest BCUT2D eigenvalue weighted by Gasteiger charge is -2.14. The van der Waals surface area contributed by atoms with Crippen LogP contribution in [0.1, 0.15) is 41.6 Å². The van der Waals surface area contributed by atoms with Gasteiger partial charge in [0, 0.05) is 29.6 Å². The molecule has 0 spiro atoms. The topological polar surface area (TPSA) is 109 Å². The quantitative estimate of drug-likeness (QED) is 0.631. The molecular formula is C22H23N5O3. The summed E-state index contributed by atoms with van der Waals surface area (Å²) in [7, 11) is 0. The van der Waals surface area contributed by atoms with Gasteiger partial charge in [0.15, 0.2) is 11.8 Å². The average molecular weight is 405 g/mol. The Kier molecular flexibility index (Phi) is 6.11. The molecule has 30 heavy (non-hydrogen) atoms. The van der Waals surface area contributed by atoms with E-state index < -0.39 is 18.0 Å². The summed E-state index contributed by atoms with van der Waals surface area (Å²) in [6.45, 7) is 7.28. The Hall–Kier alpha value is -3.73. The molecule has 1 aromatic carbocycles.